The third kappa shape index (κ3) is 3.92. The van der Waals surface area contributed by atoms with Gasteiger partial charge in [-0.1, -0.05) is 0 Å². The number of nitriles is 1. The maximum absolute atomic E-state index is 9.21. The molecule has 0 unspecified atom stereocenters. The highest BCUT2D eigenvalue weighted by atomic mass is 16.5. The molecule has 0 saturated carbocycles. The fraction of sp³-hybridized carbons (Fsp3) is 0.600. The van der Waals surface area contributed by atoms with E-state index in [0.29, 0.717) is 31.1 Å². The third-order valence-corrected chi connectivity index (χ3v) is 3.41. The van der Waals surface area contributed by atoms with Crippen molar-refractivity contribution in [1.82, 2.24) is 4.98 Å². The average Bonchev–Trinajstić information content (AvgIpc) is 2.50. The van der Waals surface area contributed by atoms with E-state index in [1.807, 2.05) is 6.07 Å². The topological polar surface area (TPSA) is 78.2 Å². The lowest BCUT2D eigenvalue weighted by molar-refractivity contribution is 0.0922. The maximum atomic E-state index is 9.21. The van der Waals surface area contributed by atoms with Gasteiger partial charge in [0.1, 0.15) is 11.9 Å². The average molecular weight is 275 g/mol. The van der Waals surface area contributed by atoms with Crippen molar-refractivity contribution < 1.29 is 9.84 Å². The molecule has 2 N–H and O–H groups in total. The van der Waals surface area contributed by atoms with Crippen molar-refractivity contribution in [2.75, 3.05) is 31.7 Å². The van der Waals surface area contributed by atoms with E-state index in [2.05, 4.69) is 16.4 Å². The molecule has 0 fully saturated rings. The summed E-state index contributed by atoms with van der Waals surface area (Å²) in [5.74, 6) is 0.690. The molecule has 0 saturated heterocycles. The fourth-order valence-corrected chi connectivity index (χ4v) is 2.40. The van der Waals surface area contributed by atoms with Crippen LogP contribution in [0, 0.1) is 11.3 Å². The molecular weight excluding hydrogens is 254 g/mol. The molecule has 1 aromatic heterocycles. The second-order valence-corrected chi connectivity index (χ2v) is 4.93. The first-order valence-corrected chi connectivity index (χ1v) is 7.20. The maximum Gasteiger partial charge on any atom is 0.144 e. The highest BCUT2D eigenvalue weighted by Crippen LogP contribution is 2.24. The van der Waals surface area contributed by atoms with Crippen molar-refractivity contribution in [2.24, 2.45) is 0 Å². The first-order chi connectivity index (χ1) is 9.85. The lowest BCUT2D eigenvalue weighted by Gasteiger charge is -2.17. The van der Waals surface area contributed by atoms with E-state index >= 15 is 0 Å². The molecule has 0 atom stereocenters. The van der Waals surface area contributed by atoms with Crippen molar-refractivity contribution >= 4 is 5.82 Å². The van der Waals surface area contributed by atoms with Crippen molar-refractivity contribution in [1.29, 1.82) is 5.26 Å². The van der Waals surface area contributed by atoms with Crippen LogP contribution >= 0.6 is 0 Å². The number of aryl methyl sites for hydroxylation is 2. The fourth-order valence-electron chi connectivity index (χ4n) is 2.40. The Bertz CT molecular complexity index is 483. The van der Waals surface area contributed by atoms with E-state index in [1.54, 1.807) is 0 Å². The molecule has 5 nitrogen and oxygen atoms in total. The largest absolute Gasteiger partial charge is 0.394 e. The number of anilines is 1. The van der Waals surface area contributed by atoms with Gasteiger partial charge in [-0.2, -0.15) is 5.26 Å². The van der Waals surface area contributed by atoms with Gasteiger partial charge in [0.25, 0.3) is 0 Å². The molecule has 2 rings (SSSR count). The van der Waals surface area contributed by atoms with Gasteiger partial charge in [-0.25, -0.2) is 4.98 Å². The van der Waals surface area contributed by atoms with E-state index in [-0.39, 0.29) is 6.61 Å². The highest BCUT2D eigenvalue weighted by molar-refractivity contribution is 5.54. The second-order valence-electron chi connectivity index (χ2n) is 4.93. The predicted octanol–water partition coefficient (Wildman–Crippen LogP) is 1.64. The quantitative estimate of drug-likeness (QED) is 0.740. The minimum atomic E-state index is 0.0540. The second kappa shape index (κ2) is 7.83. The zero-order chi connectivity index (χ0) is 14.2. The Morgan fingerprint density at radius 3 is 3.00 bits per heavy atom. The molecule has 0 amide bonds. The summed E-state index contributed by atoms with van der Waals surface area (Å²) in [7, 11) is 0. The van der Waals surface area contributed by atoms with Gasteiger partial charge < -0.3 is 15.2 Å². The summed E-state index contributed by atoms with van der Waals surface area (Å²) in [5.41, 5.74) is 2.99. The van der Waals surface area contributed by atoms with Gasteiger partial charge in [-0.3, -0.25) is 0 Å². The summed E-state index contributed by atoms with van der Waals surface area (Å²) in [4.78, 5) is 4.60. The number of aliphatic hydroxyl groups is 1. The van der Waals surface area contributed by atoms with Crippen LogP contribution in [0.15, 0.2) is 6.07 Å². The monoisotopic (exact) mass is 275 g/mol. The van der Waals surface area contributed by atoms with Gasteiger partial charge in [0.05, 0.1) is 18.8 Å². The van der Waals surface area contributed by atoms with Gasteiger partial charge in [0.2, 0.25) is 0 Å². The number of nitrogens with zero attached hydrogens (tertiary/aromatic N) is 2. The summed E-state index contributed by atoms with van der Waals surface area (Å²) < 4.78 is 5.19. The first-order valence-electron chi connectivity index (χ1n) is 7.20. The molecule has 108 valence electrons. The molecule has 1 aliphatic carbocycles. The third-order valence-electron chi connectivity index (χ3n) is 3.41. The molecule has 0 bridgehead atoms. The smallest absolute Gasteiger partial charge is 0.144 e. The van der Waals surface area contributed by atoms with Gasteiger partial charge in [-0.05, 0) is 43.7 Å². The predicted molar refractivity (Wildman–Crippen MR) is 76.6 cm³/mol. The number of hydrogen-bond acceptors (Lipinski definition) is 5. The van der Waals surface area contributed by atoms with E-state index in [4.69, 9.17) is 9.84 Å². The Labute approximate surface area is 119 Å². The normalized spacial score (nSPS) is 13.6. The summed E-state index contributed by atoms with van der Waals surface area (Å²) in [6.45, 7) is 1.74. The number of pyridine rings is 1. The Hall–Kier alpha value is -1.64. The van der Waals surface area contributed by atoms with Crippen LogP contribution in [-0.4, -0.2) is 36.5 Å². The van der Waals surface area contributed by atoms with Gasteiger partial charge in [0, 0.05) is 18.8 Å². The lowest BCUT2D eigenvalue weighted by atomic mass is 9.95. The molecule has 20 heavy (non-hydrogen) atoms. The number of ether oxygens (including phenoxy) is 1. The van der Waals surface area contributed by atoms with Crippen LogP contribution in [0.4, 0.5) is 5.82 Å². The number of rotatable bonds is 7. The molecule has 0 spiro atoms. The van der Waals surface area contributed by atoms with Crippen LogP contribution in [-0.2, 0) is 17.6 Å². The summed E-state index contributed by atoms with van der Waals surface area (Å²) in [5, 5.41) is 21.0. The molecule has 5 heteroatoms. The molecule has 0 aromatic carbocycles. The standard InChI is InChI=1S/C15H21N3O2/c16-11-13-10-12-4-1-2-5-14(12)18-15(13)17-6-3-8-20-9-7-19/h10,19H,1-9H2,(H,17,18). The Morgan fingerprint density at radius 2 is 2.20 bits per heavy atom. The van der Waals surface area contributed by atoms with Crippen molar-refractivity contribution in [2.45, 2.75) is 32.1 Å². The number of nitrogens with one attached hydrogen (secondary N) is 1. The van der Waals surface area contributed by atoms with Gasteiger partial charge >= 0.3 is 0 Å². The lowest BCUT2D eigenvalue weighted by Crippen LogP contribution is -2.13. The number of hydrogen-bond donors (Lipinski definition) is 2. The molecule has 1 aliphatic rings. The van der Waals surface area contributed by atoms with Crippen LogP contribution in [0.1, 0.15) is 36.1 Å². The zero-order valence-electron chi connectivity index (χ0n) is 11.7. The summed E-state index contributed by atoms with van der Waals surface area (Å²) in [6.07, 6.45) is 5.24. The summed E-state index contributed by atoms with van der Waals surface area (Å²) in [6, 6.07) is 4.20. The van der Waals surface area contributed by atoms with Crippen LogP contribution < -0.4 is 5.32 Å². The van der Waals surface area contributed by atoms with Crippen LogP contribution in [0.2, 0.25) is 0 Å². The molecule has 0 radical (unpaired) electrons. The molecule has 1 heterocycles. The zero-order valence-corrected chi connectivity index (χ0v) is 11.7. The van der Waals surface area contributed by atoms with E-state index < -0.39 is 0 Å². The minimum absolute atomic E-state index is 0.0540. The van der Waals surface area contributed by atoms with E-state index in [1.165, 1.54) is 18.4 Å². The SMILES string of the molecule is N#Cc1cc2c(nc1NCCCOCCO)CCCC2. The molecular formula is C15H21N3O2. The van der Waals surface area contributed by atoms with E-state index in [9.17, 15) is 5.26 Å². The first kappa shape index (κ1) is 14.8. The number of aliphatic hydroxyl groups excluding tert-OH is 1. The molecule has 0 aliphatic heterocycles. The Balaban J connectivity index is 1.91. The van der Waals surface area contributed by atoms with Crippen LogP contribution in [0.25, 0.3) is 0 Å². The van der Waals surface area contributed by atoms with Crippen LogP contribution in [0.5, 0.6) is 0 Å². The van der Waals surface area contributed by atoms with Crippen molar-refractivity contribution in [3.05, 3.63) is 22.9 Å². The van der Waals surface area contributed by atoms with Crippen molar-refractivity contribution in [3.63, 3.8) is 0 Å². The van der Waals surface area contributed by atoms with Crippen molar-refractivity contribution in [3.8, 4) is 6.07 Å². The van der Waals surface area contributed by atoms with Gasteiger partial charge in [0.15, 0.2) is 0 Å². The number of fused-ring (bicyclic) bond motifs is 1. The minimum Gasteiger partial charge on any atom is -0.394 e. The summed E-state index contributed by atoms with van der Waals surface area (Å²) >= 11 is 0. The van der Waals surface area contributed by atoms with E-state index in [0.717, 1.165) is 25.0 Å². The highest BCUT2D eigenvalue weighted by Gasteiger charge is 2.14. The van der Waals surface area contributed by atoms with Gasteiger partial charge in [-0.15, -0.1) is 0 Å². The Kier molecular flexibility index (Phi) is 5.78. The molecule has 1 aromatic rings. The number of aromatic nitrogens is 1. The van der Waals surface area contributed by atoms with Crippen LogP contribution in [0.3, 0.4) is 0 Å². The Morgan fingerprint density at radius 1 is 1.35 bits per heavy atom.